The van der Waals surface area contributed by atoms with Crippen molar-refractivity contribution in [1.82, 2.24) is 10.6 Å². The molecule has 10 heteroatoms. The molecular weight excluding hydrogens is 418 g/mol. The summed E-state index contributed by atoms with van der Waals surface area (Å²) in [5.41, 5.74) is 0.943. The van der Waals surface area contributed by atoms with Crippen molar-refractivity contribution in [2.24, 2.45) is 0 Å². The van der Waals surface area contributed by atoms with Gasteiger partial charge in [0, 0.05) is 11.6 Å². The molecule has 3 N–H and O–H groups in total. The van der Waals surface area contributed by atoms with E-state index >= 15 is 0 Å². The van der Waals surface area contributed by atoms with Crippen molar-refractivity contribution in [2.75, 3.05) is 25.3 Å². The molecule has 1 aliphatic carbocycles. The summed E-state index contributed by atoms with van der Waals surface area (Å²) in [7, 11) is 0. The number of rotatable bonds is 8. The van der Waals surface area contributed by atoms with Crippen LogP contribution in [-0.2, 0) is 14.3 Å². The molecule has 4 rings (SSSR count). The van der Waals surface area contributed by atoms with E-state index in [1.807, 2.05) is 0 Å². The van der Waals surface area contributed by atoms with Crippen LogP contribution in [0.3, 0.4) is 0 Å². The van der Waals surface area contributed by atoms with Crippen LogP contribution in [0.5, 0.6) is 11.5 Å². The van der Waals surface area contributed by atoms with Crippen LogP contribution in [0.1, 0.15) is 33.6 Å². The Morgan fingerprint density at radius 1 is 0.969 bits per heavy atom. The summed E-state index contributed by atoms with van der Waals surface area (Å²) in [6.07, 6.45) is 1.89. The zero-order chi connectivity index (χ0) is 22.5. The molecule has 0 atom stereocenters. The summed E-state index contributed by atoms with van der Waals surface area (Å²) in [5.74, 6) is -1.17. The topological polar surface area (TPSA) is 132 Å². The quantitative estimate of drug-likeness (QED) is 0.527. The normalized spacial score (nSPS) is 13.8. The largest absolute Gasteiger partial charge is 0.454 e. The number of fused-ring (bicyclic) bond motifs is 1. The van der Waals surface area contributed by atoms with Crippen molar-refractivity contribution < 1.29 is 33.4 Å². The number of nitrogens with one attached hydrogen (secondary N) is 3. The number of carbonyl (C=O) groups is 4. The first kappa shape index (κ1) is 21.2. The average molecular weight is 439 g/mol. The van der Waals surface area contributed by atoms with Crippen molar-refractivity contribution in [2.45, 2.75) is 18.9 Å². The monoisotopic (exact) mass is 439 g/mol. The van der Waals surface area contributed by atoms with Crippen LogP contribution in [0.15, 0.2) is 42.5 Å². The number of benzene rings is 2. The molecule has 32 heavy (non-hydrogen) atoms. The fourth-order valence-corrected chi connectivity index (χ4v) is 2.96. The minimum absolute atomic E-state index is 0.0878. The third-order valence-corrected chi connectivity index (χ3v) is 4.75. The minimum Gasteiger partial charge on any atom is -0.454 e. The van der Waals surface area contributed by atoms with Crippen LogP contribution in [0.4, 0.5) is 5.69 Å². The highest BCUT2D eigenvalue weighted by Crippen LogP contribution is 2.32. The van der Waals surface area contributed by atoms with Gasteiger partial charge >= 0.3 is 5.97 Å². The van der Waals surface area contributed by atoms with Crippen molar-refractivity contribution in [3.63, 3.8) is 0 Å². The molecule has 2 aromatic carbocycles. The molecular formula is C22H21N3O7. The molecule has 1 saturated carbocycles. The van der Waals surface area contributed by atoms with E-state index in [0.29, 0.717) is 28.3 Å². The molecule has 166 valence electrons. The number of hydrogen-bond donors (Lipinski definition) is 3. The van der Waals surface area contributed by atoms with Crippen LogP contribution in [-0.4, -0.2) is 49.7 Å². The first-order valence-corrected chi connectivity index (χ1v) is 10.0. The maximum atomic E-state index is 12.3. The minimum atomic E-state index is -0.783. The van der Waals surface area contributed by atoms with Gasteiger partial charge in [0.15, 0.2) is 18.1 Å². The molecule has 3 amide bonds. The van der Waals surface area contributed by atoms with Gasteiger partial charge in [0.2, 0.25) is 6.79 Å². The Labute approximate surface area is 183 Å². The van der Waals surface area contributed by atoms with Crippen LogP contribution in [0, 0.1) is 0 Å². The molecule has 0 aromatic heterocycles. The van der Waals surface area contributed by atoms with E-state index in [4.69, 9.17) is 14.2 Å². The van der Waals surface area contributed by atoms with Gasteiger partial charge in [-0.1, -0.05) is 12.1 Å². The summed E-state index contributed by atoms with van der Waals surface area (Å²) in [5, 5.41) is 7.84. The molecule has 10 nitrogen and oxygen atoms in total. The predicted octanol–water partition coefficient (Wildman–Crippen LogP) is 1.22. The van der Waals surface area contributed by atoms with Crippen molar-refractivity contribution in [3.8, 4) is 11.5 Å². The molecule has 0 unspecified atom stereocenters. The predicted molar refractivity (Wildman–Crippen MR) is 111 cm³/mol. The van der Waals surface area contributed by atoms with Crippen molar-refractivity contribution in [3.05, 3.63) is 53.6 Å². The Hall–Kier alpha value is -4.08. The second kappa shape index (κ2) is 9.38. The van der Waals surface area contributed by atoms with Gasteiger partial charge in [-0.2, -0.15) is 0 Å². The first-order valence-electron chi connectivity index (χ1n) is 10.0. The SMILES string of the molecule is O=C(COC(=O)CNC(=O)c1ccc2c(c1)OCO2)Nc1ccccc1C(=O)NC1CC1. The van der Waals surface area contributed by atoms with Gasteiger partial charge in [-0.3, -0.25) is 19.2 Å². The zero-order valence-electron chi connectivity index (χ0n) is 17.0. The average Bonchev–Trinajstić information content (AvgIpc) is 3.48. The van der Waals surface area contributed by atoms with E-state index in [-0.39, 0.29) is 18.7 Å². The van der Waals surface area contributed by atoms with E-state index in [1.165, 1.54) is 6.07 Å². The number of anilines is 1. The molecule has 2 aromatic rings. The fraction of sp³-hybridized carbons (Fsp3) is 0.273. The lowest BCUT2D eigenvalue weighted by molar-refractivity contribution is -0.146. The molecule has 0 radical (unpaired) electrons. The van der Waals surface area contributed by atoms with Gasteiger partial charge < -0.3 is 30.2 Å². The molecule has 2 aliphatic rings. The van der Waals surface area contributed by atoms with Gasteiger partial charge in [-0.05, 0) is 43.2 Å². The Morgan fingerprint density at radius 2 is 1.75 bits per heavy atom. The number of para-hydroxylation sites is 1. The molecule has 0 spiro atoms. The lowest BCUT2D eigenvalue weighted by Gasteiger charge is -2.11. The Morgan fingerprint density at radius 3 is 2.56 bits per heavy atom. The third kappa shape index (κ3) is 5.34. The molecule has 0 saturated heterocycles. The van der Waals surface area contributed by atoms with Crippen LogP contribution >= 0.6 is 0 Å². The highest BCUT2D eigenvalue weighted by Gasteiger charge is 2.25. The summed E-state index contributed by atoms with van der Waals surface area (Å²) < 4.78 is 15.3. The van der Waals surface area contributed by atoms with Gasteiger partial charge in [-0.25, -0.2) is 0 Å². The lowest BCUT2D eigenvalue weighted by Crippen LogP contribution is -2.32. The summed E-state index contributed by atoms with van der Waals surface area (Å²) >= 11 is 0. The van der Waals surface area contributed by atoms with Crippen LogP contribution in [0.25, 0.3) is 0 Å². The van der Waals surface area contributed by atoms with Gasteiger partial charge in [0.1, 0.15) is 6.54 Å². The zero-order valence-corrected chi connectivity index (χ0v) is 17.0. The van der Waals surface area contributed by atoms with Crippen LogP contribution < -0.4 is 25.4 Å². The Bertz CT molecular complexity index is 1070. The van der Waals surface area contributed by atoms with E-state index in [0.717, 1.165) is 12.8 Å². The first-order chi connectivity index (χ1) is 15.5. The van der Waals surface area contributed by atoms with E-state index in [9.17, 15) is 19.2 Å². The standard InChI is InChI=1S/C22H21N3O7/c26-19(25-16-4-2-1-3-15(16)22(29)24-14-6-7-14)11-30-20(27)10-23-21(28)13-5-8-17-18(9-13)32-12-31-17/h1-5,8-9,14H,6-7,10-12H2,(H,23,28)(H,24,29)(H,25,26). The Kier molecular flexibility index (Phi) is 6.20. The second-order valence-electron chi connectivity index (χ2n) is 7.25. The van der Waals surface area contributed by atoms with E-state index in [1.54, 1.807) is 36.4 Å². The van der Waals surface area contributed by atoms with E-state index < -0.39 is 30.9 Å². The van der Waals surface area contributed by atoms with Gasteiger partial charge in [-0.15, -0.1) is 0 Å². The third-order valence-electron chi connectivity index (χ3n) is 4.75. The molecule has 1 heterocycles. The smallest absolute Gasteiger partial charge is 0.325 e. The maximum Gasteiger partial charge on any atom is 0.325 e. The molecule has 1 aliphatic heterocycles. The number of esters is 1. The van der Waals surface area contributed by atoms with Crippen molar-refractivity contribution in [1.29, 1.82) is 0 Å². The number of ether oxygens (including phenoxy) is 3. The summed E-state index contributed by atoms with van der Waals surface area (Å²) in [6.45, 7) is -0.886. The van der Waals surface area contributed by atoms with E-state index in [2.05, 4.69) is 16.0 Å². The lowest BCUT2D eigenvalue weighted by atomic mass is 10.1. The molecule has 1 fully saturated rings. The number of hydrogen-bond acceptors (Lipinski definition) is 7. The number of amides is 3. The highest BCUT2D eigenvalue weighted by atomic mass is 16.7. The highest BCUT2D eigenvalue weighted by molar-refractivity contribution is 6.04. The Balaban J connectivity index is 1.22. The van der Waals surface area contributed by atoms with Crippen molar-refractivity contribution >= 4 is 29.4 Å². The number of carbonyl (C=O) groups excluding carboxylic acids is 4. The van der Waals surface area contributed by atoms with Gasteiger partial charge in [0.25, 0.3) is 17.7 Å². The second-order valence-corrected chi connectivity index (χ2v) is 7.25. The fourth-order valence-electron chi connectivity index (χ4n) is 2.96. The van der Waals surface area contributed by atoms with Crippen LogP contribution in [0.2, 0.25) is 0 Å². The summed E-state index contributed by atoms with van der Waals surface area (Å²) in [4.78, 5) is 48.5. The summed E-state index contributed by atoms with van der Waals surface area (Å²) in [6, 6.07) is 11.4. The maximum absolute atomic E-state index is 12.3. The molecule has 0 bridgehead atoms. The van der Waals surface area contributed by atoms with Gasteiger partial charge in [0.05, 0.1) is 11.3 Å².